The van der Waals surface area contributed by atoms with Crippen LogP contribution in [0, 0.1) is 10.1 Å². The van der Waals surface area contributed by atoms with E-state index in [4.69, 9.17) is 17.0 Å². The first-order valence-electron chi connectivity index (χ1n) is 9.83. The first kappa shape index (κ1) is 23.0. The van der Waals surface area contributed by atoms with Gasteiger partial charge in [0.05, 0.1) is 15.5 Å². The van der Waals surface area contributed by atoms with Gasteiger partial charge in [-0.2, -0.15) is 0 Å². The number of nitrogens with zero attached hydrogens (tertiary/aromatic N) is 2. The van der Waals surface area contributed by atoms with Gasteiger partial charge in [-0.15, -0.1) is 11.8 Å². The first-order chi connectivity index (χ1) is 15.9. The second kappa shape index (κ2) is 10.2. The zero-order valence-corrected chi connectivity index (χ0v) is 19.9. The lowest BCUT2D eigenvalue weighted by molar-refractivity contribution is -0.384. The standard InChI is InChI=1S/C24H18N2O4S3/c1-32-21-7-3-5-19(14-21)25-23(27)22(33-24(25)31)13-17-4-2-6-20(12-17)30-15-16-8-10-18(11-9-16)26(28)29/h2-14H,15H2,1H3/b22-13+. The molecule has 0 saturated carbocycles. The van der Waals surface area contributed by atoms with Gasteiger partial charge < -0.3 is 4.74 Å². The average Bonchev–Trinajstić information content (AvgIpc) is 3.10. The molecule has 6 nitrogen and oxygen atoms in total. The zero-order valence-electron chi connectivity index (χ0n) is 17.5. The zero-order chi connectivity index (χ0) is 23.4. The van der Waals surface area contributed by atoms with Crippen molar-refractivity contribution in [3.63, 3.8) is 0 Å². The summed E-state index contributed by atoms with van der Waals surface area (Å²) in [5.74, 6) is 0.478. The predicted molar refractivity (Wildman–Crippen MR) is 138 cm³/mol. The molecule has 0 spiro atoms. The van der Waals surface area contributed by atoms with E-state index >= 15 is 0 Å². The number of benzene rings is 3. The molecule has 1 aliphatic rings. The second-order valence-corrected chi connectivity index (χ2v) is 9.56. The number of nitro groups is 1. The number of carbonyl (C=O) groups excluding carboxylic acids is 1. The summed E-state index contributed by atoms with van der Waals surface area (Å²) in [5.41, 5.74) is 2.43. The summed E-state index contributed by atoms with van der Waals surface area (Å²) in [6, 6.07) is 21.4. The number of nitro benzene ring substituents is 1. The fourth-order valence-corrected chi connectivity index (χ4v) is 4.92. The van der Waals surface area contributed by atoms with E-state index in [0.29, 0.717) is 15.0 Å². The fraction of sp³-hybridized carbons (Fsp3) is 0.0833. The van der Waals surface area contributed by atoms with Gasteiger partial charge in [0.2, 0.25) is 0 Å². The quantitative estimate of drug-likeness (QED) is 0.125. The Bertz CT molecular complexity index is 1260. The molecule has 1 heterocycles. The molecular formula is C24H18N2O4S3. The van der Waals surface area contributed by atoms with E-state index in [1.165, 1.54) is 23.9 Å². The van der Waals surface area contributed by atoms with Crippen molar-refractivity contribution in [1.82, 2.24) is 0 Å². The van der Waals surface area contributed by atoms with Crippen molar-refractivity contribution >= 4 is 63.4 Å². The molecule has 3 aromatic rings. The Morgan fingerprint density at radius 2 is 1.88 bits per heavy atom. The van der Waals surface area contributed by atoms with Gasteiger partial charge >= 0.3 is 0 Å². The summed E-state index contributed by atoms with van der Waals surface area (Å²) in [7, 11) is 0. The lowest BCUT2D eigenvalue weighted by Crippen LogP contribution is -2.27. The summed E-state index contributed by atoms with van der Waals surface area (Å²) in [6.07, 6.45) is 3.79. The molecule has 3 aromatic carbocycles. The minimum absolute atomic E-state index is 0.0400. The Kier molecular flexibility index (Phi) is 7.12. The van der Waals surface area contributed by atoms with Crippen LogP contribution in [0.4, 0.5) is 11.4 Å². The molecule has 1 saturated heterocycles. The first-order valence-corrected chi connectivity index (χ1v) is 12.3. The highest BCUT2D eigenvalue weighted by Gasteiger charge is 2.33. The van der Waals surface area contributed by atoms with Crippen LogP contribution in [0.15, 0.2) is 82.6 Å². The largest absolute Gasteiger partial charge is 0.489 e. The summed E-state index contributed by atoms with van der Waals surface area (Å²) >= 11 is 8.35. The molecule has 166 valence electrons. The maximum Gasteiger partial charge on any atom is 0.270 e. The highest BCUT2D eigenvalue weighted by molar-refractivity contribution is 8.27. The van der Waals surface area contributed by atoms with E-state index in [9.17, 15) is 14.9 Å². The Morgan fingerprint density at radius 3 is 2.61 bits per heavy atom. The summed E-state index contributed by atoms with van der Waals surface area (Å²) in [4.78, 5) is 26.6. The fourth-order valence-electron chi connectivity index (χ4n) is 3.17. The van der Waals surface area contributed by atoms with Gasteiger partial charge in [0.25, 0.3) is 11.6 Å². The van der Waals surface area contributed by atoms with Crippen LogP contribution in [0.25, 0.3) is 6.08 Å². The van der Waals surface area contributed by atoms with E-state index in [1.54, 1.807) is 34.9 Å². The highest BCUT2D eigenvalue weighted by atomic mass is 32.2. The van der Waals surface area contributed by atoms with Crippen molar-refractivity contribution in [3.05, 3.63) is 98.9 Å². The maximum absolute atomic E-state index is 13.1. The number of carbonyl (C=O) groups is 1. The Labute approximate surface area is 204 Å². The van der Waals surface area contributed by atoms with Gasteiger partial charge in [0.15, 0.2) is 4.32 Å². The minimum atomic E-state index is -0.434. The molecule has 1 amide bonds. The lowest BCUT2D eigenvalue weighted by Gasteiger charge is -2.15. The number of amides is 1. The van der Waals surface area contributed by atoms with E-state index in [2.05, 4.69) is 0 Å². The van der Waals surface area contributed by atoms with Crippen LogP contribution in [-0.2, 0) is 11.4 Å². The Hall–Kier alpha value is -3.14. The van der Waals surface area contributed by atoms with E-state index in [1.807, 2.05) is 54.8 Å². The predicted octanol–water partition coefficient (Wildman–Crippen LogP) is 6.30. The number of ether oxygens (including phenoxy) is 1. The minimum Gasteiger partial charge on any atom is -0.489 e. The van der Waals surface area contributed by atoms with Crippen molar-refractivity contribution in [2.45, 2.75) is 11.5 Å². The molecule has 0 bridgehead atoms. The molecular weight excluding hydrogens is 476 g/mol. The molecule has 4 rings (SSSR count). The molecule has 0 N–H and O–H groups in total. The number of thioether (sulfide) groups is 2. The normalized spacial score (nSPS) is 14.7. The molecule has 0 radical (unpaired) electrons. The van der Waals surface area contributed by atoms with E-state index in [-0.39, 0.29) is 18.2 Å². The van der Waals surface area contributed by atoms with Gasteiger partial charge in [0, 0.05) is 17.0 Å². The van der Waals surface area contributed by atoms with E-state index in [0.717, 1.165) is 21.7 Å². The highest BCUT2D eigenvalue weighted by Crippen LogP contribution is 2.37. The molecule has 33 heavy (non-hydrogen) atoms. The van der Waals surface area contributed by atoms with Crippen molar-refractivity contribution in [1.29, 1.82) is 0 Å². The SMILES string of the molecule is CSc1cccc(N2C(=O)/C(=C\c3cccc(OCc4ccc([N+](=O)[O-])cc4)c3)SC2=S)c1. The number of rotatable bonds is 7. The van der Waals surface area contributed by atoms with Crippen LogP contribution in [-0.4, -0.2) is 21.4 Å². The van der Waals surface area contributed by atoms with Gasteiger partial charge in [-0.25, -0.2) is 0 Å². The maximum atomic E-state index is 13.1. The van der Waals surface area contributed by atoms with Crippen LogP contribution in [0.1, 0.15) is 11.1 Å². The Morgan fingerprint density at radius 1 is 1.12 bits per heavy atom. The molecule has 0 aliphatic carbocycles. The number of thiocarbonyl (C=S) groups is 1. The molecule has 0 unspecified atom stereocenters. The number of hydrogen-bond acceptors (Lipinski definition) is 7. The Balaban J connectivity index is 1.48. The lowest BCUT2D eigenvalue weighted by atomic mass is 10.2. The molecule has 0 atom stereocenters. The molecule has 1 fully saturated rings. The van der Waals surface area contributed by atoms with Crippen molar-refractivity contribution < 1.29 is 14.5 Å². The van der Waals surface area contributed by atoms with Crippen LogP contribution in [0.2, 0.25) is 0 Å². The number of anilines is 1. The van der Waals surface area contributed by atoms with Crippen LogP contribution in [0.3, 0.4) is 0 Å². The monoisotopic (exact) mass is 494 g/mol. The third kappa shape index (κ3) is 5.44. The summed E-state index contributed by atoms with van der Waals surface area (Å²) in [5, 5.41) is 10.8. The van der Waals surface area contributed by atoms with Gasteiger partial charge in [-0.3, -0.25) is 19.8 Å². The smallest absolute Gasteiger partial charge is 0.270 e. The van der Waals surface area contributed by atoms with Crippen LogP contribution in [0.5, 0.6) is 5.75 Å². The van der Waals surface area contributed by atoms with E-state index < -0.39 is 4.92 Å². The summed E-state index contributed by atoms with van der Waals surface area (Å²) < 4.78 is 6.33. The van der Waals surface area contributed by atoms with Gasteiger partial charge in [0.1, 0.15) is 12.4 Å². The molecule has 1 aliphatic heterocycles. The number of hydrogen-bond donors (Lipinski definition) is 0. The van der Waals surface area contributed by atoms with Crippen molar-refractivity contribution in [3.8, 4) is 5.75 Å². The van der Waals surface area contributed by atoms with Gasteiger partial charge in [-0.05, 0) is 65.9 Å². The van der Waals surface area contributed by atoms with Crippen molar-refractivity contribution in [2.24, 2.45) is 0 Å². The number of non-ortho nitro benzene ring substituents is 1. The topological polar surface area (TPSA) is 72.7 Å². The third-order valence-corrected chi connectivity index (χ3v) is 6.84. The third-order valence-electron chi connectivity index (χ3n) is 4.81. The molecule has 9 heteroatoms. The van der Waals surface area contributed by atoms with Crippen LogP contribution >= 0.6 is 35.7 Å². The van der Waals surface area contributed by atoms with Crippen molar-refractivity contribution in [2.75, 3.05) is 11.2 Å². The van der Waals surface area contributed by atoms with Crippen LogP contribution < -0.4 is 9.64 Å². The second-order valence-electron chi connectivity index (χ2n) is 7.00. The average molecular weight is 495 g/mol. The summed E-state index contributed by atoms with van der Waals surface area (Å²) in [6.45, 7) is 0.273. The molecule has 0 aromatic heterocycles. The van der Waals surface area contributed by atoms with Gasteiger partial charge in [-0.1, -0.05) is 42.2 Å².